The lowest BCUT2D eigenvalue weighted by Crippen LogP contribution is -2.03. The predicted octanol–water partition coefficient (Wildman–Crippen LogP) is 3.74. The van der Waals surface area contributed by atoms with Gasteiger partial charge >= 0.3 is 0 Å². The van der Waals surface area contributed by atoms with Crippen LogP contribution in [0, 0.1) is 0 Å². The molecule has 0 aliphatic rings. The molecule has 1 N–H and O–H groups in total. The molecule has 3 rings (SSSR count). The highest BCUT2D eigenvalue weighted by molar-refractivity contribution is 7.98. The zero-order chi connectivity index (χ0) is 13.9. The van der Waals surface area contributed by atoms with Crippen molar-refractivity contribution in [3.05, 3.63) is 41.5 Å². The number of hydrogen-bond donors (Lipinski definition) is 1. The first-order valence-electron chi connectivity index (χ1n) is 6.18. The summed E-state index contributed by atoms with van der Waals surface area (Å²) < 4.78 is 7.42. The SMILES string of the molecule is COc1nc2sccn2c1CNc1cccc(SC)c1. The van der Waals surface area contributed by atoms with Crippen LogP contribution in [0.3, 0.4) is 0 Å². The summed E-state index contributed by atoms with van der Waals surface area (Å²) in [6.07, 6.45) is 4.10. The van der Waals surface area contributed by atoms with Crippen LogP contribution in [0.2, 0.25) is 0 Å². The summed E-state index contributed by atoms with van der Waals surface area (Å²) in [7, 11) is 1.66. The van der Waals surface area contributed by atoms with Crippen molar-refractivity contribution in [1.29, 1.82) is 0 Å². The van der Waals surface area contributed by atoms with Gasteiger partial charge in [-0.2, -0.15) is 4.98 Å². The molecule has 20 heavy (non-hydrogen) atoms. The summed E-state index contributed by atoms with van der Waals surface area (Å²) in [5.74, 6) is 0.686. The van der Waals surface area contributed by atoms with E-state index in [2.05, 4.69) is 45.2 Å². The molecule has 0 saturated heterocycles. The second-order valence-electron chi connectivity index (χ2n) is 4.21. The highest BCUT2D eigenvalue weighted by Gasteiger charge is 2.13. The second-order valence-corrected chi connectivity index (χ2v) is 5.96. The van der Waals surface area contributed by atoms with Crippen molar-refractivity contribution in [2.75, 3.05) is 18.7 Å². The van der Waals surface area contributed by atoms with E-state index < -0.39 is 0 Å². The van der Waals surface area contributed by atoms with E-state index in [0.717, 1.165) is 16.3 Å². The van der Waals surface area contributed by atoms with Crippen molar-refractivity contribution >= 4 is 33.7 Å². The molecule has 1 aromatic carbocycles. The van der Waals surface area contributed by atoms with Gasteiger partial charge in [-0.15, -0.1) is 23.1 Å². The number of thioether (sulfide) groups is 1. The average Bonchev–Trinajstić information content (AvgIpc) is 3.06. The van der Waals surface area contributed by atoms with Crippen molar-refractivity contribution in [2.45, 2.75) is 11.4 Å². The van der Waals surface area contributed by atoms with Gasteiger partial charge in [-0.05, 0) is 24.5 Å². The van der Waals surface area contributed by atoms with E-state index in [0.29, 0.717) is 12.4 Å². The molecular weight excluding hydrogens is 290 g/mol. The van der Waals surface area contributed by atoms with Gasteiger partial charge in [0.05, 0.1) is 13.7 Å². The van der Waals surface area contributed by atoms with E-state index in [9.17, 15) is 0 Å². The maximum atomic E-state index is 5.35. The number of aromatic nitrogens is 2. The van der Waals surface area contributed by atoms with E-state index in [-0.39, 0.29) is 0 Å². The molecule has 2 aromatic heterocycles. The smallest absolute Gasteiger partial charge is 0.238 e. The van der Waals surface area contributed by atoms with Crippen LogP contribution < -0.4 is 10.1 Å². The number of imidazole rings is 1. The third kappa shape index (κ3) is 2.48. The van der Waals surface area contributed by atoms with Crippen LogP contribution in [-0.2, 0) is 6.54 Å². The molecule has 0 spiro atoms. The molecule has 0 fully saturated rings. The monoisotopic (exact) mass is 305 g/mol. The van der Waals surface area contributed by atoms with E-state index in [4.69, 9.17) is 4.74 Å². The predicted molar refractivity (Wildman–Crippen MR) is 85.2 cm³/mol. The van der Waals surface area contributed by atoms with E-state index in [1.807, 2.05) is 11.6 Å². The Balaban J connectivity index is 1.83. The van der Waals surface area contributed by atoms with Crippen LogP contribution in [0.4, 0.5) is 5.69 Å². The Morgan fingerprint density at radius 2 is 2.35 bits per heavy atom. The lowest BCUT2D eigenvalue weighted by Gasteiger charge is -2.08. The number of thiazole rings is 1. The number of nitrogens with one attached hydrogen (secondary N) is 1. The summed E-state index contributed by atoms with van der Waals surface area (Å²) in [4.78, 5) is 6.65. The van der Waals surface area contributed by atoms with Crippen LogP contribution >= 0.6 is 23.1 Å². The maximum Gasteiger partial charge on any atom is 0.238 e. The van der Waals surface area contributed by atoms with Gasteiger partial charge in [0, 0.05) is 22.2 Å². The molecule has 0 amide bonds. The summed E-state index contributed by atoms with van der Waals surface area (Å²) in [5.41, 5.74) is 2.14. The Kier molecular flexibility index (Phi) is 3.84. The van der Waals surface area contributed by atoms with Crippen molar-refractivity contribution in [1.82, 2.24) is 9.38 Å². The Morgan fingerprint density at radius 3 is 3.15 bits per heavy atom. The summed E-state index contributed by atoms with van der Waals surface area (Å²) in [5, 5.41) is 5.46. The minimum absolute atomic E-state index is 0.679. The van der Waals surface area contributed by atoms with Gasteiger partial charge in [0.1, 0.15) is 5.69 Å². The van der Waals surface area contributed by atoms with Gasteiger partial charge in [-0.3, -0.25) is 4.40 Å². The number of rotatable bonds is 5. The van der Waals surface area contributed by atoms with Crippen molar-refractivity contribution in [3.8, 4) is 5.88 Å². The minimum Gasteiger partial charge on any atom is -0.480 e. The molecule has 104 valence electrons. The van der Waals surface area contributed by atoms with Gasteiger partial charge in [0.15, 0.2) is 4.96 Å². The Hall–Kier alpha value is -1.66. The number of hydrogen-bond acceptors (Lipinski definition) is 5. The Labute approximate surface area is 125 Å². The first kappa shape index (κ1) is 13.3. The highest BCUT2D eigenvalue weighted by Crippen LogP contribution is 2.25. The highest BCUT2D eigenvalue weighted by atomic mass is 32.2. The average molecular weight is 305 g/mol. The first-order valence-corrected chi connectivity index (χ1v) is 8.28. The van der Waals surface area contributed by atoms with Crippen molar-refractivity contribution in [2.24, 2.45) is 0 Å². The first-order chi connectivity index (χ1) is 9.81. The number of ether oxygens (including phenoxy) is 1. The van der Waals surface area contributed by atoms with Crippen LogP contribution in [0.1, 0.15) is 5.69 Å². The van der Waals surface area contributed by atoms with Crippen LogP contribution in [0.5, 0.6) is 5.88 Å². The minimum atomic E-state index is 0.679. The largest absolute Gasteiger partial charge is 0.480 e. The fourth-order valence-electron chi connectivity index (χ4n) is 2.06. The topological polar surface area (TPSA) is 38.6 Å². The third-order valence-electron chi connectivity index (χ3n) is 3.05. The fourth-order valence-corrected chi connectivity index (χ4v) is 3.24. The molecule has 0 radical (unpaired) electrons. The zero-order valence-electron chi connectivity index (χ0n) is 11.3. The molecule has 0 unspecified atom stereocenters. The van der Waals surface area contributed by atoms with E-state index in [1.165, 1.54) is 4.90 Å². The van der Waals surface area contributed by atoms with E-state index >= 15 is 0 Å². The number of anilines is 1. The molecule has 3 aromatic rings. The lowest BCUT2D eigenvalue weighted by molar-refractivity contribution is 0.395. The number of nitrogens with zero attached hydrogens (tertiary/aromatic N) is 2. The number of benzene rings is 1. The van der Waals surface area contributed by atoms with Gasteiger partial charge in [0.25, 0.3) is 0 Å². The molecule has 0 saturated carbocycles. The van der Waals surface area contributed by atoms with E-state index in [1.54, 1.807) is 30.2 Å². The maximum absolute atomic E-state index is 5.35. The third-order valence-corrected chi connectivity index (χ3v) is 4.53. The molecule has 0 aliphatic heterocycles. The second kappa shape index (κ2) is 5.76. The lowest BCUT2D eigenvalue weighted by atomic mass is 10.3. The summed E-state index contributed by atoms with van der Waals surface area (Å²) >= 11 is 3.34. The molecule has 2 heterocycles. The Morgan fingerprint density at radius 1 is 1.45 bits per heavy atom. The van der Waals surface area contributed by atoms with Crippen LogP contribution in [0.25, 0.3) is 4.96 Å². The summed E-state index contributed by atoms with van der Waals surface area (Å²) in [6, 6.07) is 8.37. The van der Waals surface area contributed by atoms with Crippen LogP contribution in [-0.4, -0.2) is 22.8 Å². The van der Waals surface area contributed by atoms with Gasteiger partial charge in [0.2, 0.25) is 5.88 Å². The van der Waals surface area contributed by atoms with Gasteiger partial charge < -0.3 is 10.1 Å². The quantitative estimate of drug-likeness (QED) is 0.729. The number of fused-ring (bicyclic) bond motifs is 1. The van der Waals surface area contributed by atoms with Crippen LogP contribution in [0.15, 0.2) is 40.7 Å². The number of methoxy groups -OCH3 is 1. The normalized spacial score (nSPS) is 10.9. The fraction of sp³-hybridized carbons (Fsp3) is 0.214. The van der Waals surface area contributed by atoms with Crippen molar-refractivity contribution in [3.63, 3.8) is 0 Å². The van der Waals surface area contributed by atoms with Gasteiger partial charge in [-0.1, -0.05) is 6.07 Å². The summed E-state index contributed by atoms with van der Waals surface area (Å²) in [6.45, 7) is 0.679. The molecule has 0 aliphatic carbocycles. The van der Waals surface area contributed by atoms with Gasteiger partial charge in [-0.25, -0.2) is 0 Å². The molecular formula is C14H15N3OS2. The molecule has 0 atom stereocenters. The van der Waals surface area contributed by atoms with Crippen molar-refractivity contribution < 1.29 is 4.74 Å². The zero-order valence-corrected chi connectivity index (χ0v) is 12.9. The Bertz CT molecular complexity index is 720. The standard InChI is InChI=1S/C14H15N3OS2/c1-18-13-12(17-6-7-20-14(17)16-13)9-15-10-4-3-5-11(8-10)19-2/h3-8,15H,9H2,1-2H3. The molecule has 4 nitrogen and oxygen atoms in total. The molecule has 6 heteroatoms. The molecule has 0 bridgehead atoms.